The van der Waals surface area contributed by atoms with Gasteiger partial charge in [0, 0.05) is 12.0 Å². The molecule has 140 valence electrons. The minimum absolute atomic E-state index is 0.0148. The molecule has 0 radical (unpaired) electrons. The Kier molecular flexibility index (Phi) is 6.20. The minimum atomic E-state index is -4.51. The van der Waals surface area contributed by atoms with Crippen LogP contribution in [0, 0.1) is 28.6 Å². The molecule has 4 nitrogen and oxygen atoms in total. The lowest BCUT2D eigenvalue weighted by molar-refractivity contribution is -0.137. The molecule has 0 aliphatic carbocycles. The number of benzene rings is 2. The van der Waals surface area contributed by atoms with E-state index >= 15 is 0 Å². The van der Waals surface area contributed by atoms with E-state index in [2.05, 4.69) is 0 Å². The molecule has 0 amide bonds. The average Bonchev–Trinajstić information content (AvgIpc) is 2.60. The van der Waals surface area contributed by atoms with Crippen molar-refractivity contribution in [2.24, 2.45) is 5.92 Å². The first kappa shape index (κ1) is 20.4. The van der Waals surface area contributed by atoms with Crippen molar-refractivity contribution >= 4 is 11.6 Å². The molecule has 2 aromatic carbocycles. The lowest BCUT2D eigenvalue weighted by Gasteiger charge is -2.17. The smallest absolute Gasteiger partial charge is 0.416 e. The second kappa shape index (κ2) is 8.20. The highest BCUT2D eigenvalue weighted by molar-refractivity contribution is 6.32. The maximum absolute atomic E-state index is 12.7. The van der Waals surface area contributed by atoms with Crippen LogP contribution in [-0.4, -0.2) is 6.10 Å². The van der Waals surface area contributed by atoms with Crippen LogP contribution in [0.1, 0.15) is 25.0 Å². The summed E-state index contributed by atoms with van der Waals surface area (Å²) in [6, 6.07) is 10.9. The van der Waals surface area contributed by atoms with E-state index in [9.17, 15) is 18.4 Å². The SMILES string of the molecule is CC(C)C(C#N)Oc1cc(Oc2ccc(C(F)(F)F)cc2Cl)ccc1C#N. The Bertz CT molecular complexity index is 915. The lowest BCUT2D eigenvalue weighted by Crippen LogP contribution is -2.21. The molecule has 0 aliphatic rings. The summed E-state index contributed by atoms with van der Waals surface area (Å²) in [7, 11) is 0. The highest BCUT2D eigenvalue weighted by atomic mass is 35.5. The van der Waals surface area contributed by atoms with Crippen molar-refractivity contribution in [2.45, 2.75) is 26.1 Å². The molecule has 0 N–H and O–H groups in total. The van der Waals surface area contributed by atoms with Crippen molar-refractivity contribution in [3.63, 3.8) is 0 Å². The van der Waals surface area contributed by atoms with Crippen LogP contribution in [0.15, 0.2) is 36.4 Å². The van der Waals surface area contributed by atoms with Crippen molar-refractivity contribution in [2.75, 3.05) is 0 Å². The van der Waals surface area contributed by atoms with Gasteiger partial charge in [0.25, 0.3) is 0 Å². The third-order valence-electron chi connectivity index (χ3n) is 3.55. The summed E-state index contributed by atoms with van der Waals surface area (Å²) >= 11 is 5.88. The zero-order valence-electron chi connectivity index (χ0n) is 14.3. The van der Waals surface area contributed by atoms with Crippen molar-refractivity contribution in [1.29, 1.82) is 10.5 Å². The molecule has 0 fully saturated rings. The van der Waals surface area contributed by atoms with Crippen molar-refractivity contribution in [1.82, 2.24) is 0 Å². The molecule has 0 spiro atoms. The Morgan fingerprint density at radius 3 is 2.26 bits per heavy atom. The van der Waals surface area contributed by atoms with E-state index in [4.69, 9.17) is 26.3 Å². The van der Waals surface area contributed by atoms with Gasteiger partial charge in [-0.1, -0.05) is 25.4 Å². The van der Waals surface area contributed by atoms with Gasteiger partial charge in [-0.3, -0.25) is 0 Å². The third kappa shape index (κ3) is 5.06. The first-order valence-corrected chi connectivity index (χ1v) is 8.18. The predicted molar refractivity (Wildman–Crippen MR) is 92.6 cm³/mol. The van der Waals surface area contributed by atoms with Gasteiger partial charge in [0.1, 0.15) is 29.4 Å². The highest BCUT2D eigenvalue weighted by Gasteiger charge is 2.31. The Labute approximate surface area is 159 Å². The minimum Gasteiger partial charge on any atom is -0.474 e. The summed E-state index contributed by atoms with van der Waals surface area (Å²) in [5.74, 6) is 0.237. The van der Waals surface area contributed by atoms with Crippen molar-refractivity contribution < 1.29 is 22.6 Å². The first-order valence-electron chi connectivity index (χ1n) is 7.80. The van der Waals surface area contributed by atoms with Crippen LogP contribution in [0.3, 0.4) is 0 Å². The Balaban J connectivity index is 2.32. The second-order valence-corrected chi connectivity index (χ2v) is 6.33. The van der Waals surface area contributed by atoms with Crippen LogP contribution < -0.4 is 9.47 Å². The summed E-state index contributed by atoms with van der Waals surface area (Å²) in [6.07, 6.45) is -5.29. The lowest BCUT2D eigenvalue weighted by atomic mass is 10.1. The quantitative estimate of drug-likeness (QED) is 0.628. The van der Waals surface area contributed by atoms with E-state index < -0.39 is 17.8 Å². The monoisotopic (exact) mass is 394 g/mol. The largest absolute Gasteiger partial charge is 0.474 e. The molecule has 0 aliphatic heterocycles. The number of nitriles is 2. The Morgan fingerprint density at radius 2 is 1.74 bits per heavy atom. The van der Waals surface area contributed by atoms with Gasteiger partial charge in [0.2, 0.25) is 0 Å². The van der Waals surface area contributed by atoms with E-state index in [1.165, 1.54) is 18.2 Å². The normalized spacial score (nSPS) is 12.2. The van der Waals surface area contributed by atoms with E-state index in [-0.39, 0.29) is 33.8 Å². The molecule has 27 heavy (non-hydrogen) atoms. The van der Waals surface area contributed by atoms with Crippen LogP contribution in [-0.2, 0) is 6.18 Å². The van der Waals surface area contributed by atoms with Gasteiger partial charge >= 0.3 is 6.18 Å². The Hall–Kier alpha value is -2.90. The fourth-order valence-electron chi connectivity index (χ4n) is 2.09. The molecule has 1 unspecified atom stereocenters. The molecule has 0 saturated carbocycles. The molecular formula is C19H14ClF3N2O2. The molecule has 2 rings (SSSR count). The van der Waals surface area contributed by atoms with Gasteiger partial charge in [0.05, 0.1) is 16.1 Å². The van der Waals surface area contributed by atoms with E-state index in [0.717, 1.165) is 18.2 Å². The maximum atomic E-state index is 12.7. The number of ether oxygens (including phenoxy) is 2. The molecule has 1 atom stereocenters. The number of hydrogen-bond donors (Lipinski definition) is 0. The standard InChI is InChI=1S/C19H14ClF3N2O2/c1-11(2)18(10-25)27-17-8-14(5-3-12(17)9-24)26-16-6-4-13(7-15(16)20)19(21,22)23/h3-8,11,18H,1-2H3. The zero-order valence-corrected chi connectivity index (χ0v) is 15.1. The van der Waals surface area contributed by atoms with Gasteiger partial charge < -0.3 is 9.47 Å². The van der Waals surface area contributed by atoms with Gasteiger partial charge in [0.15, 0.2) is 6.10 Å². The number of hydrogen-bond acceptors (Lipinski definition) is 4. The van der Waals surface area contributed by atoms with Gasteiger partial charge in [-0.05, 0) is 30.3 Å². The highest BCUT2D eigenvalue weighted by Crippen LogP contribution is 2.37. The van der Waals surface area contributed by atoms with Crippen LogP contribution >= 0.6 is 11.6 Å². The number of rotatable bonds is 5. The Morgan fingerprint density at radius 1 is 1.04 bits per heavy atom. The molecule has 0 bridgehead atoms. The number of halogens is 4. The van der Waals surface area contributed by atoms with Crippen LogP contribution in [0.25, 0.3) is 0 Å². The summed E-state index contributed by atoms with van der Waals surface area (Å²) in [5.41, 5.74) is -0.695. The fourth-order valence-corrected chi connectivity index (χ4v) is 2.31. The van der Waals surface area contributed by atoms with E-state index in [0.29, 0.717) is 0 Å². The van der Waals surface area contributed by atoms with Crippen LogP contribution in [0.5, 0.6) is 17.2 Å². The first-order chi connectivity index (χ1) is 12.7. The second-order valence-electron chi connectivity index (χ2n) is 5.93. The van der Waals surface area contributed by atoms with Crippen LogP contribution in [0.2, 0.25) is 5.02 Å². The summed E-state index contributed by atoms with van der Waals surface area (Å²) in [4.78, 5) is 0. The predicted octanol–water partition coefficient (Wildman–Crippen LogP) is 5.95. The molecule has 0 heterocycles. The van der Waals surface area contributed by atoms with Gasteiger partial charge in [-0.25, -0.2) is 0 Å². The number of nitrogens with zero attached hydrogens (tertiary/aromatic N) is 2. The molecule has 2 aromatic rings. The number of alkyl halides is 3. The zero-order chi connectivity index (χ0) is 20.2. The molecule has 0 saturated heterocycles. The van der Waals surface area contributed by atoms with E-state index in [1.807, 2.05) is 12.1 Å². The average molecular weight is 395 g/mol. The van der Waals surface area contributed by atoms with Crippen molar-refractivity contribution in [3.05, 3.63) is 52.5 Å². The molecule has 0 aromatic heterocycles. The maximum Gasteiger partial charge on any atom is 0.416 e. The summed E-state index contributed by atoms with van der Waals surface area (Å²) < 4.78 is 49.2. The van der Waals surface area contributed by atoms with Crippen molar-refractivity contribution in [3.8, 4) is 29.4 Å². The van der Waals surface area contributed by atoms with E-state index in [1.54, 1.807) is 13.8 Å². The van der Waals surface area contributed by atoms with Crippen LogP contribution in [0.4, 0.5) is 13.2 Å². The molecular weight excluding hydrogens is 381 g/mol. The summed E-state index contributed by atoms with van der Waals surface area (Å²) in [6.45, 7) is 3.59. The van der Waals surface area contributed by atoms with Gasteiger partial charge in [-0.2, -0.15) is 23.7 Å². The van der Waals surface area contributed by atoms with Gasteiger partial charge in [-0.15, -0.1) is 0 Å². The summed E-state index contributed by atoms with van der Waals surface area (Å²) in [5, 5.41) is 18.1. The topological polar surface area (TPSA) is 66.0 Å². The third-order valence-corrected chi connectivity index (χ3v) is 3.84. The molecule has 8 heteroatoms. The fraction of sp³-hybridized carbons (Fsp3) is 0.263.